The maximum Gasteiger partial charge on any atom is 0.258 e. The number of aromatic nitrogens is 2. The van der Waals surface area contributed by atoms with Crippen molar-refractivity contribution in [3.05, 3.63) is 46.5 Å². The minimum absolute atomic E-state index is 0.0426. The minimum Gasteiger partial charge on any atom is -0.488 e. The molecule has 3 rings (SSSR count). The van der Waals surface area contributed by atoms with Crippen molar-refractivity contribution in [3.8, 4) is 5.75 Å². The summed E-state index contributed by atoms with van der Waals surface area (Å²) in [7, 11) is 3.88. The Morgan fingerprint density at radius 2 is 2.31 bits per heavy atom. The van der Waals surface area contributed by atoms with Crippen molar-refractivity contribution in [2.45, 2.75) is 18.9 Å². The number of carbonyl (C=O) groups is 1. The summed E-state index contributed by atoms with van der Waals surface area (Å²) >= 11 is 0. The van der Waals surface area contributed by atoms with Gasteiger partial charge in [0.2, 0.25) is 0 Å². The zero-order valence-corrected chi connectivity index (χ0v) is 15.0. The molecule has 1 aromatic carbocycles. The topological polar surface area (TPSA) is 84.5 Å². The van der Waals surface area contributed by atoms with E-state index in [1.165, 1.54) is 6.33 Å². The molecule has 1 fully saturated rings. The van der Waals surface area contributed by atoms with Gasteiger partial charge < -0.3 is 19.4 Å². The molecule has 2 aromatic rings. The van der Waals surface area contributed by atoms with Crippen LogP contribution < -0.4 is 10.3 Å². The molecule has 1 aliphatic rings. The predicted octanol–water partition coefficient (Wildman–Crippen LogP) is 1.32. The van der Waals surface area contributed by atoms with E-state index in [1.807, 2.05) is 25.1 Å². The van der Waals surface area contributed by atoms with Gasteiger partial charge in [0.1, 0.15) is 11.9 Å². The monoisotopic (exact) mass is 357 g/mol. The Bertz CT molecular complexity index is 867. The van der Waals surface area contributed by atoms with Crippen LogP contribution in [0.3, 0.4) is 0 Å². The van der Waals surface area contributed by atoms with Gasteiger partial charge >= 0.3 is 0 Å². The van der Waals surface area contributed by atoms with Crippen LogP contribution in [0.2, 0.25) is 0 Å². The summed E-state index contributed by atoms with van der Waals surface area (Å²) in [5.74, 6) is 0.541. The summed E-state index contributed by atoms with van der Waals surface area (Å²) < 4.78 is 11.4. The van der Waals surface area contributed by atoms with Gasteiger partial charge in [-0.05, 0) is 26.2 Å². The van der Waals surface area contributed by atoms with Crippen molar-refractivity contribution >= 4 is 16.7 Å². The van der Waals surface area contributed by atoms with E-state index < -0.39 is 0 Å². The highest BCUT2D eigenvalue weighted by Gasteiger charge is 2.20. The summed E-state index contributed by atoms with van der Waals surface area (Å²) in [5.41, 5.74) is 0.993. The number of benzene rings is 1. The van der Waals surface area contributed by atoms with Crippen molar-refractivity contribution in [1.82, 2.24) is 14.9 Å². The average molecular weight is 357 g/mol. The van der Waals surface area contributed by atoms with Gasteiger partial charge in [-0.3, -0.25) is 9.59 Å². The smallest absolute Gasteiger partial charge is 0.258 e. The summed E-state index contributed by atoms with van der Waals surface area (Å²) in [5, 5.41) is 0.447. The summed E-state index contributed by atoms with van der Waals surface area (Å²) in [6, 6.07) is 3.43. The molecule has 0 saturated carbocycles. The Hall–Kier alpha value is -2.51. The van der Waals surface area contributed by atoms with Crippen LogP contribution in [0.25, 0.3) is 10.9 Å². The standard InChI is InChI=1S/C19H23N3O4/c1-22(2)6-3-4-14(23)8-13-9-16-17(20-12-21-19(16)24)10-18(13)26-15-5-7-25-11-15/h3-4,9-10,12,15H,5-8,11H2,1-2H3,(H,20,21,24)/b4-3+. The zero-order chi connectivity index (χ0) is 18.5. The molecule has 0 spiro atoms. The van der Waals surface area contributed by atoms with Gasteiger partial charge in [-0.1, -0.05) is 6.08 Å². The number of nitrogens with zero attached hydrogens (tertiary/aromatic N) is 2. The second-order valence-electron chi connectivity index (χ2n) is 6.62. The quantitative estimate of drug-likeness (QED) is 0.753. The van der Waals surface area contributed by atoms with E-state index in [2.05, 4.69) is 9.97 Å². The molecule has 1 N–H and O–H groups in total. The molecule has 1 aromatic heterocycles. The molecule has 0 aliphatic carbocycles. The van der Waals surface area contributed by atoms with Crippen LogP contribution in [0.4, 0.5) is 0 Å². The lowest BCUT2D eigenvalue weighted by Crippen LogP contribution is -2.18. The molecule has 0 amide bonds. The van der Waals surface area contributed by atoms with E-state index in [-0.39, 0.29) is 23.9 Å². The Kier molecular flexibility index (Phi) is 5.80. The van der Waals surface area contributed by atoms with Crippen LogP contribution in [0.1, 0.15) is 12.0 Å². The number of ketones is 1. The van der Waals surface area contributed by atoms with Crippen molar-refractivity contribution in [3.63, 3.8) is 0 Å². The molecule has 138 valence electrons. The first-order valence-electron chi connectivity index (χ1n) is 8.62. The van der Waals surface area contributed by atoms with Gasteiger partial charge in [-0.15, -0.1) is 0 Å². The second-order valence-corrected chi connectivity index (χ2v) is 6.62. The van der Waals surface area contributed by atoms with Gasteiger partial charge in [0, 0.05) is 31.0 Å². The third-order valence-corrected chi connectivity index (χ3v) is 4.14. The van der Waals surface area contributed by atoms with E-state index in [0.29, 0.717) is 42.0 Å². The Morgan fingerprint density at radius 1 is 1.46 bits per heavy atom. The highest BCUT2D eigenvalue weighted by atomic mass is 16.5. The van der Waals surface area contributed by atoms with E-state index in [9.17, 15) is 9.59 Å². The highest BCUT2D eigenvalue weighted by Crippen LogP contribution is 2.26. The lowest BCUT2D eigenvalue weighted by atomic mass is 10.0. The highest BCUT2D eigenvalue weighted by molar-refractivity contribution is 5.93. The van der Waals surface area contributed by atoms with Gasteiger partial charge in [-0.25, -0.2) is 4.98 Å². The number of carbonyl (C=O) groups excluding carboxylic acids is 1. The molecule has 26 heavy (non-hydrogen) atoms. The third-order valence-electron chi connectivity index (χ3n) is 4.14. The fourth-order valence-corrected chi connectivity index (χ4v) is 2.82. The Morgan fingerprint density at radius 3 is 3.04 bits per heavy atom. The van der Waals surface area contributed by atoms with Crippen LogP contribution in [0.15, 0.2) is 35.4 Å². The molecular formula is C19H23N3O4. The molecule has 7 heteroatoms. The predicted molar refractivity (Wildman–Crippen MR) is 98.6 cm³/mol. The molecular weight excluding hydrogens is 334 g/mol. The maximum absolute atomic E-state index is 12.3. The van der Waals surface area contributed by atoms with E-state index in [4.69, 9.17) is 9.47 Å². The molecule has 2 heterocycles. The number of H-pyrrole nitrogens is 1. The average Bonchev–Trinajstić information content (AvgIpc) is 3.09. The number of ether oxygens (including phenoxy) is 2. The lowest BCUT2D eigenvalue weighted by molar-refractivity contribution is -0.114. The van der Waals surface area contributed by atoms with Crippen LogP contribution >= 0.6 is 0 Å². The van der Waals surface area contributed by atoms with Crippen LogP contribution in [-0.4, -0.2) is 60.6 Å². The van der Waals surface area contributed by atoms with E-state index >= 15 is 0 Å². The molecule has 0 bridgehead atoms. The maximum atomic E-state index is 12.3. The van der Waals surface area contributed by atoms with Crippen molar-refractivity contribution in [2.75, 3.05) is 33.9 Å². The van der Waals surface area contributed by atoms with Crippen molar-refractivity contribution < 1.29 is 14.3 Å². The van der Waals surface area contributed by atoms with Gasteiger partial charge in [0.05, 0.1) is 30.4 Å². The number of rotatable bonds is 7. The molecule has 1 saturated heterocycles. The first-order valence-corrected chi connectivity index (χ1v) is 8.62. The second kappa shape index (κ2) is 8.25. The molecule has 1 unspecified atom stereocenters. The third kappa shape index (κ3) is 4.56. The number of allylic oxidation sites excluding steroid dienone is 1. The number of fused-ring (bicyclic) bond motifs is 1. The number of aromatic amines is 1. The summed E-state index contributed by atoms with van der Waals surface area (Å²) in [6.45, 7) is 1.88. The molecule has 1 atom stereocenters. The van der Waals surface area contributed by atoms with Crippen molar-refractivity contribution in [2.24, 2.45) is 0 Å². The van der Waals surface area contributed by atoms with Gasteiger partial charge in [0.15, 0.2) is 5.78 Å². The summed E-state index contributed by atoms with van der Waals surface area (Å²) in [6.07, 6.45) is 5.67. The first kappa shape index (κ1) is 18.3. The number of nitrogens with one attached hydrogen (secondary N) is 1. The minimum atomic E-state index is -0.234. The van der Waals surface area contributed by atoms with Crippen molar-refractivity contribution in [1.29, 1.82) is 0 Å². The lowest BCUT2D eigenvalue weighted by Gasteiger charge is -2.16. The van der Waals surface area contributed by atoms with Crippen LogP contribution in [0.5, 0.6) is 5.75 Å². The Balaban J connectivity index is 1.89. The fourth-order valence-electron chi connectivity index (χ4n) is 2.82. The molecule has 0 radical (unpaired) electrons. The van der Waals surface area contributed by atoms with E-state index in [1.54, 1.807) is 18.2 Å². The number of hydrogen-bond acceptors (Lipinski definition) is 6. The largest absolute Gasteiger partial charge is 0.488 e. The van der Waals surface area contributed by atoms with Gasteiger partial charge in [-0.2, -0.15) is 0 Å². The Labute approximate surface area is 151 Å². The fraction of sp³-hybridized carbons (Fsp3) is 0.421. The summed E-state index contributed by atoms with van der Waals surface area (Å²) in [4.78, 5) is 33.1. The number of likely N-dealkylation sites (N-methyl/N-ethyl adjacent to an activating group) is 1. The first-order chi connectivity index (χ1) is 12.5. The normalized spacial score (nSPS) is 17.4. The zero-order valence-electron chi connectivity index (χ0n) is 15.0. The molecule has 7 nitrogen and oxygen atoms in total. The van der Waals surface area contributed by atoms with Crippen LogP contribution in [0, 0.1) is 0 Å². The number of hydrogen-bond donors (Lipinski definition) is 1. The SMILES string of the molecule is CN(C)C/C=C/C(=O)Cc1cc2c(=O)[nH]cnc2cc1OC1CCOC1. The van der Waals surface area contributed by atoms with Crippen LogP contribution in [-0.2, 0) is 16.0 Å². The molecule has 1 aliphatic heterocycles. The van der Waals surface area contributed by atoms with Gasteiger partial charge in [0.25, 0.3) is 5.56 Å². The van der Waals surface area contributed by atoms with E-state index in [0.717, 1.165) is 6.42 Å².